The molecule has 0 saturated carbocycles. The van der Waals surface area contributed by atoms with Crippen molar-refractivity contribution in [3.63, 3.8) is 0 Å². The monoisotopic (exact) mass is 554 g/mol. The van der Waals surface area contributed by atoms with Crippen molar-refractivity contribution >= 4 is 11.4 Å². The average Bonchev–Trinajstić information content (AvgIpc) is 3.08. The summed E-state index contributed by atoms with van der Waals surface area (Å²) in [6.45, 7) is 0. The highest BCUT2D eigenvalue weighted by atomic mass is 14.7. The summed E-state index contributed by atoms with van der Waals surface area (Å²) in [6.07, 6.45) is 0. The molecule has 0 aromatic heterocycles. The molecule has 2 heteroatoms. The van der Waals surface area contributed by atoms with Crippen LogP contribution >= 0.6 is 0 Å². The lowest BCUT2D eigenvalue weighted by Crippen LogP contribution is -2.09. The molecule has 0 heterocycles. The SMILES string of the molecule is CN=C(c1ccccc1)c1cccc(C(c2ccc(-c3ccccc3)cc2)c2cccc(C(=NC)c3ccccc3)c2)c1. The van der Waals surface area contributed by atoms with Crippen molar-refractivity contribution in [3.05, 3.63) is 203 Å². The van der Waals surface area contributed by atoms with E-state index in [-0.39, 0.29) is 5.92 Å². The normalized spacial score (nSPS) is 12.6. The fourth-order valence-corrected chi connectivity index (χ4v) is 5.85. The molecule has 6 rings (SSSR count). The molecular weight excluding hydrogens is 520 g/mol. The van der Waals surface area contributed by atoms with Crippen LogP contribution in [0.25, 0.3) is 11.1 Å². The highest BCUT2D eigenvalue weighted by Gasteiger charge is 2.20. The van der Waals surface area contributed by atoms with Crippen LogP contribution < -0.4 is 0 Å². The first-order valence-electron chi connectivity index (χ1n) is 14.7. The fourth-order valence-electron chi connectivity index (χ4n) is 5.85. The van der Waals surface area contributed by atoms with Gasteiger partial charge in [0.05, 0.1) is 11.4 Å². The molecule has 43 heavy (non-hydrogen) atoms. The number of aliphatic imine (C=N–C) groups is 2. The summed E-state index contributed by atoms with van der Waals surface area (Å²) >= 11 is 0. The third kappa shape index (κ3) is 6.14. The average molecular weight is 555 g/mol. The summed E-state index contributed by atoms with van der Waals surface area (Å²) in [7, 11) is 3.74. The van der Waals surface area contributed by atoms with Crippen molar-refractivity contribution < 1.29 is 0 Å². The fraction of sp³-hybridized carbons (Fsp3) is 0.0732. The van der Waals surface area contributed by atoms with Gasteiger partial charge >= 0.3 is 0 Å². The lowest BCUT2D eigenvalue weighted by atomic mass is 9.82. The van der Waals surface area contributed by atoms with E-state index in [0.717, 1.165) is 33.7 Å². The van der Waals surface area contributed by atoms with Crippen molar-refractivity contribution in [2.75, 3.05) is 14.1 Å². The van der Waals surface area contributed by atoms with Gasteiger partial charge in [-0.2, -0.15) is 0 Å². The molecule has 0 unspecified atom stereocenters. The van der Waals surface area contributed by atoms with E-state index in [1.165, 1.54) is 27.8 Å². The molecule has 2 nitrogen and oxygen atoms in total. The van der Waals surface area contributed by atoms with Gasteiger partial charge in [-0.1, -0.05) is 152 Å². The zero-order chi connectivity index (χ0) is 29.4. The van der Waals surface area contributed by atoms with E-state index in [1.54, 1.807) is 0 Å². The van der Waals surface area contributed by atoms with E-state index in [2.05, 4.69) is 152 Å². The first-order valence-corrected chi connectivity index (χ1v) is 14.7. The van der Waals surface area contributed by atoms with Gasteiger partial charge in [0.15, 0.2) is 0 Å². The quantitative estimate of drug-likeness (QED) is 0.132. The molecule has 0 amide bonds. The van der Waals surface area contributed by atoms with Gasteiger partial charge in [-0.05, 0) is 39.9 Å². The predicted octanol–water partition coefficient (Wildman–Crippen LogP) is 9.47. The minimum Gasteiger partial charge on any atom is -0.287 e. The van der Waals surface area contributed by atoms with Crippen LogP contribution in [0.15, 0.2) is 174 Å². The first-order chi connectivity index (χ1) is 21.2. The van der Waals surface area contributed by atoms with E-state index in [0.29, 0.717) is 0 Å². The van der Waals surface area contributed by atoms with E-state index >= 15 is 0 Å². The summed E-state index contributed by atoms with van der Waals surface area (Å²) in [5.41, 5.74) is 12.5. The predicted molar refractivity (Wildman–Crippen MR) is 182 cm³/mol. The Bertz CT molecular complexity index is 1750. The maximum Gasteiger partial charge on any atom is 0.0715 e. The van der Waals surface area contributed by atoms with E-state index in [9.17, 15) is 0 Å². The van der Waals surface area contributed by atoms with Gasteiger partial charge in [0, 0.05) is 42.3 Å². The minimum absolute atomic E-state index is 0.0208. The van der Waals surface area contributed by atoms with E-state index in [4.69, 9.17) is 9.98 Å². The second-order valence-electron chi connectivity index (χ2n) is 10.5. The number of hydrogen-bond acceptors (Lipinski definition) is 2. The largest absolute Gasteiger partial charge is 0.287 e. The number of rotatable bonds is 8. The van der Waals surface area contributed by atoms with Crippen molar-refractivity contribution in [2.24, 2.45) is 9.98 Å². The van der Waals surface area contributed by atoms with Crippen molar-refractivity contribution in [1.82, 2.24) is 0 Å². The number of benzene rings is 6. The van der Waals surface area contributed by atoms with Crippen LogP contribution in [0.1, 0.15) is 44.9 Å². The molecule has 0 radical (unpaired) electrons. The van der Waals surface area contributed by atoms with Gasteiger partial charge in [0.2, 0.25) is 0 Å². The Hall–Kier alpha value is -5.34. The van der Waals surface area contributed by atoms with Crippen LogP contribution in [-0.4, -0.2) is 25.5 Å². The molecule has 0 spiro atoms. The van der Waals surface area contributed by atoms with Gasteiger partial charge in [0.25, 0.3) is 0 Å². The summed E-state index contributed by atoms with van der Waals surface area (Å²) < 4.78 is 0. The third-order valence-corrected chi connectivity index (χ3v) is 7.88. The molecular formula is C41H34N2. The van der Waals surface area contributed by atoms with Gasteiger partial charge in [-0.15, -0.1) is 0 Å². The molecule has 0 saturated heterocycles. The summed E-state index contributed by atoms with van der Waals surface area (Å²) in [5, 5.41) is 0. The van der Waals surface area contributed by atoms with Crippen molar-refractivity contribution in [3.8, 4) is 11.1 Å². The van der Waals surface area contributed by atoms with Crippen LogP contribution in [0.2, 0.25) is 0 Å². The molecule has 0 aliphatic rings. The second kappa shape index (κ2) is 13.1. The molecule has 6 aromatic rings. The van der Waals surface area contributed by atoms with Crippen LogP contribution in [0, 0.1) is 0 Å². The summed E-state index contributed by atoms with van der Waals surface area (Å²) in [6, 6.07) is 58.0. The molecule has 0 atom stereocenters. The molecule has 0 aliphatic heterocycles. The molecule has 0 bridgehead atoms. The number of hydrogen-bond donors (Lipinski definition) is 0. The highest BCUT2D eigenvalue weighted by Crippen LogP contribution is 2.35. The topological polar surface area (TPSA) is 24.7 Å². The van der Waals surface area contributed by atoms with Crippen LogP contribution in [0.4, 0.5) is 0 Å². The summed E-state index contributed by atoms with van der Waals surface area (Å²) in [5.74, 6) is 0.0208. The lowest BCUT2D eigenvalue weighted by molar-refractivity contribution is 0.976. The van der Waals surface area contributed by atoms with Crippen LogP contribution in [-0.2, 0) is 0 Å². The lowest BCUT2D eigenvalue weighted by Gasteiger charge is -2.21. The Morgan fingerprint density at radius 3 is 1.21 bits per heavy atom. The third-order valence-electron chi connectivity index (χ3n) is 7.88. The van der Waals surface area contributed by atoms with Crippen LogP contribution in [0.5, 0.6) is 0 Å². The summed E-state index contributed by atoms with van der Waals surface area (Å²) in [4.78, 5) is 9.41. The minimum atomic E-state index is 0.0208. The molecule has 0 N–H and O–H groups in total. The van der Waals surface area contributed by atoms with E-state index in [1.807, 2.05) is 26.2 Å². The van der Waals surface area contributed by atoms with Gasteiger partial charge in [-0.3, -0.25) is 9.98 Å². The standard InChI is InChI=1S/C41H34N2/c1-42-40(33-16-8-4-9-17-33)37-22-12-20-35(28-37)39(32-26-24-31(25-27-32)30-14-6-3-7-15-30)36-21-13-23-38(29-36)41(43-2)34-18-10-5-11-19-34/h3-29,39H,1-2H3. The maximum absolute atomic E-state index is 4.70. The smallest absolute Gasteiger partial charge is 0.0715 e. The Kier molecular flexibility index (Phi) is 8.47. The van der Waals surface area contributed by atoms with Gasteiger partial charge in [-0.25, -0.2) is 0 Å². The van der Waals surface area contributed by atoms with E-state index < -0.39 is 0 Å². The molecule has 208 valence electrons. The molecule has 0 fully saturated rings. The molecule has 6 aromatic carbocycles. The Labute approximate surface area is 254 Å². The zero-order valence-corrected chi connectivity index (χ0v) is 24.6. The maximum atomic E-state index is 4.70. The highest BCUT2D eigenvalue weighted by molar-refractivity contribution is 6.13. The van der Waals surface area contributed by atoms with Crippen molar-refractivity contribution in [2.45, 2.75) is 5.92 Å². The first kappa shape index (κ1) is 27.8. The Morgan fingerprint density at radius 1 is 0.372 bits per heavy atom. The van der Waals surface area contributed by atoms with Gasteiger partial charge in [0.1, 0.15) is 0 Å². The number of nitrogens with zero attached hydrogens (tertiary/aromatic N) is 2. The molecule has 0 aliphatic carbocycles. The van der Waals surface area contributed by atoms with Crippen molar-refractivity contribution in [1.29, 1.82) is 0 Å². The Morgan fingerprint density at radius 2 is 0.767 bits per heavy atom. The Balaban J connectivity index is 1.47. The van der Waals surface area contributed by atoms with Crippen LogP contribution in [0.3, 0.4) is 0 Å². The zero-order valence-electron chi connectivity index (χ0n) is 24.6. The second-order valence-corrected chi connectivity index (χ2v) is 10.5. The van der Waals surface area contributed by atoms with Gasteiger partial charge < -0.3 is 0 Å².